The van der Waals surface area contributed by atoms with E-state index in [4.69, 9.17) is 0 Å². The second-order valence-corrected chi connectivity index (χ2v) is 11.6. The fourth-order valence-electron chi connectivity index (χ4n) is 6.53. The molecule has 1 saturated heterocycles. The fraction of sp³-hybridized carbons (Fsp3) is 0.387. The van der Waals surface area contributed by atoms with Crippen LogP contribution in [0.5, 0.6) is 0 Å². The highest BCUT2D eigenvalue weighted by molar-refractivity contribution is 5.96. The Labute approximate surface area is 237 Å². The van der Waals surface area contributed by atoms with Gasteiger partial charge in [-0.2, -0.15) is 5.10 Å². The van der Waals surface area contributed by atoms with E-state index in [0.717, 1.165) is 25.0 Å². The van der Waals surface area contributed by atoms with Crippen molar-refractivity contribution in [2.24, 2.45) is 18.9 Å². The summed E-state index contributed by atoms with van der Waals surface area (Å²) in [6, 6.07) is 12.1. The molecule has 1 N–H and O–H groups in total. The number of aryl methyl sites for hydroxylation is 1. The number of hydrogen-bond acceptors (Lipinski definition) is 5. The number of halogens is 1. The van der Waals surface area contributed by atoms with Gasteiger partial charge in [-0.05, 0) is 54.9 Å². The molecule has 4 aromatic rings. The quantitative estimate of drug-likeness (QED) is 0.346. The van der Waals surface area contributed by atoms with Gasteiger partial charge in [-0.3, -0.25) is 9.48 Å². The number of carboxylic acid groups (broad SMARTS) is 1. The number of hydrogen-bond donors (Lipinski definition) is 1. The number of aromatic nitrogens is 5. The normalized spacial score (nSPS) is 22.4. The van der Waals surface area contributed by atoms with Crippen LogP contribution in [0.15, 0.2) is 54.9 Å². The van der Waals surface area contributed by atoms with Gasteiger partial charge in [0, 0.05) is 43.7 Å². The lowest BCUT2D eigenvalue weighted by Gasteiger charge is -2.36. The molecule has 1 aliphatic heterocycles. The van der Waals surface area contributed by atoms with Crippen LogP contribution in [0, 0.1) is 17.7 Å². The maximum atomic E-state index is 16.0. The number of benzene rings is 2. The lowest BCUT2D eigenvalue weighted by atomic mass is 9.69. The first kappa shape index (κ1) is 26.9. The molecular weight excluding hydrogens is 523 g/mol. The summed E-state index contributed by atoms with van der Waals surface area (Å²) in [4.78, 5) is 27.3. The first-order valence-electron chi connectivity index (χ1n) is 14.1. The molecule has 0 bridgehead atoms. The van der Waals surface area contributed by atoms with Gasteiger partial charge in [-0.25, -0.2) is 13.9 Å². The Morgan fingerprint density at radius 2 is 1.73 bits per heavy atom. The molecule has 2 unspecified atom stereocenters. The van der Waals surface area contributed by atoms with Crippen molar-refractivity contribution < 1.29 is 19.1 Å². The summed E-state index contributed by atoms with van der Waals surface area (Å²) in [5.41, 5.74) is 3.11. The minimum atomic E-state index is -1.05. The second kappa shape index (κ2) is 10.6. The van der Waals surface area contributed by atoms with Crippen molar-refractivity contribution in [2.45, 2.75) is 44.9 Å². The maximum Gasteiger partial charge on any atom is 0.339 e. The minimum absolute atomic E-state index is 0.0285. The SMILES string of the molecule is CC1CC(C)CN(C(=O)c2cccc(-c3cccc(-n4ncc(C(=O)O)c4[C@@H]4CC[C@H]4c4cn(C)nn4)c3)c2F)C1. The third kappa shape index (κ3) is 4.92. The zero-order valence-corrected chi connectivity index (χ0v) is 23.4. The van der Waals surface area contributed by atoms with E-state index < -0.39 is 11.8 Å². The molecule has 6 rings (SSSR count). The summed E-state index contributed by atoms with van der Waals surface area (Å²) in [5, 5.41) is 22.8. The molecule has 4 atom stereocenters. The average molecular weight is 557 g/mol. The van der Waals surface area contributed by atoms with Crippen molar-refractivity contribution in [2.75, 3.05) is 13.1 Å². The van der Waals surface area contributed by atoms with E-state index in [0.29, 0.717) is 47.4 Å². The van der Waals surface area contributed by atoms with Crippen molar-refractivity contribution in [3.63, 3.8) is 0 Å². The molecule has 1 saturated carbocycles. The summed E-state index contributed by atoms with van der Waals surface area (Å²) in [6.07, 6.45) is 5.95. The van der Waals surface area contributed by atoms with E-state index in [1.54, 1.807) is 57.7 Å². The lowest BCUT2D eigenvalue weighted by Crippen LogP contribution is -2.42. The van der Waals surface area contributed by atoms with E-state index in [1.807, 2.05) is 12.3 Å². The zero-order chi connectivity index (χ0) is 28.8. The second-order valence-electron chi connectivity index (χ2n) is 11.6. The Hall–Kier alpha value is -4.34. The van der Waals surface area contributed by atoms with Crippen LogP contribution in [-0.4, -0.2) is 59.7 Å². The van der Waals surface area contributed by atoms with Crippen LogP contribution in [0.1, 0.15) is 77.0 Å². The third-order valence-corrected chi connectivity index (χ3v) is 8.45. The molecule has 1 aliphatic carbocycles. The van der Waals surface area contributed by atoms with Crippen molar-refractivity contribution >= 4 is 11.9 Å². The number of nitrogens with zero attached hydrogens (tertiary/aromatic N) is 6. The first-order valence-corrected chi connectivity index (χ1v) is 14.1. The van der Waals surface area contributed by atoms with Gasteiger partial charge in [-0.1, -0.05) is 43.3 Å². The van der Waals surface area contributed by atoms with E-state index in [1.165, 1.54) is 6.20 Å². The molecule has 2 fully saturated rings. The van der Waals surface area contributed by atoms with Gasteiger partial charge in [0.25, 0.3) is 5.91 Å². The molecule has 9 nitrogen and oxygen atoms in total. The number of aromatic carboxylic acids is 1. The highest BCUT2D eigenvalue weighted by Crippen LogP contribution is 2.49. The van der Waals surface area contributed by atoms with Gasteiger partial charge in [0.15, 0.2) is 0 Å². The fourth-order valence-corrected chi connectivity index (χ4v) is 6.53. The van der Waals surface area contributed by atoms with Crippen LogP contribution in [0.4, 0.5) is 4.39 Å². The van der Waals surface area contributed by atoms with E-state index in [-0.39, 0.29) is 28.9 Å². The smallest absolute Gasteiger partial charge is 0.339 e. The standard InChI is InChI=1S/C31H33FN6O3/c1-18-12-19(2)16-37(15-18)30(39)25-9-5-8-22(28(25)32)20-6-4-7-21(13-20)38-29(26(14-33-38)31(40)41)24-11-10-23(24)27-17-36(3)35-34-27/h4-9,13-14,17-19,23-24H,10-12,15-16H2,1-3H3,(H,40,41)/t18?,19?,23-,24-/m1/s1. The Balaban J connectivity index is 1.36. The Bertz CT molecular complexity index is 1620. The van der Waals surface area contributed by atoms with E-state index in [9.17, 15) is 14.7 Å². The van der Waals surface area contributed by atoms with Crippen molar-refractivity contribution in [1.82, 2.24) is 29.7 Å². The molecule has 2 aromatic heterocycles. The molecule has 0 spiro atoms. The third-order valence-electron chi connectivity index (χ3n) is 8.45. The highest BCUT2D eigenvalue weighted by Gasteiger charge is 2.40. The van der Waals surface area contributed by atoms with Crippen LogP contribution in [0.3, 0.4) is 0 Å². The Morgan fingerprint density at radius 3 is 2.39 bits per heavy atom. The number of piperidine rings is 1. The van der Waals surface area contributed by atoms with Crippen LogP contribution >= 0.6 is 0 Å². The van der Waals surface area contributed by atoms with Gasteiger partial charge >= 0.3 is 5.97 Å². The number of likely N-dealkylation sites (tertiary alicyclic amines) is 1. The summed E-state index contributed by atoms with van der Waals surface area (Å²) >= 11 is 0. The molecule has 0 radical (unpaired) electrons. The number of carbonyl (C=O) groups excluding carboxylic acids is 1. The van der Waals surface area contributed by atoms with Gasteiger partial charge in [-0.15, -0.1) is 5.10 Å². The number of carbonyl (C=O) groups is 2. The Kier molecular flexibility index (Phi) is 6.93. The van der Waals surface area contributed by atoms with Gasteiger partial charge in [0.05, 0.1) is 28.8 Å². The van der Waals surface area contributed by atoms with Gasteiger partial charge in [0.2, 0.25) is 0 Å². The molecule has 1 amide bonds. The average Bonchev–Trinajstić information content (AvgIpc) is 3.54. The van der Waals surface area contributed by atoms with Crippen LogP contribution < -0.4 is 0 Å². The predicted octanol–water partition coefficient (Wildman–Crippen LogP) is 5.28. The number of carboxylic acids is 1. The van der Waals surface area contributed by atoms with Crippen molar-refractivity contribution in [3.05, 3.63) is 83.2 Å². The minimum Gasteiger partial charge on any atom is -0.478 e. The molecule has 3 heterocycles. The van der Waals surface area contributed by atoms with Crippen LogP contribution in [-0.2, 0) is 7.05 Å². The topological polar surface area (TPSA) is 106 Å². The predicted molar refractivity (Wildman–Crippen MR) is 150 cm³/mol. The van der Waals surface area contributed by atoms with Gasteiger partial charge < -0.3 is 10.0 Å². The lowest BCUT2D eigenvalue weighted by molar-refractivity contribution is 0.0617. The zero-order valence-electron chi connectivity index (χ0n) is 23.4. The molecule has 2 aliphatic rings. The number of amides is 1. The number of rotatable bonds is 6. The van der Waals surface area contributed by atoms with Crippen molar-refractivity contribution in [3.8, 4) is 16.8 Å². The monoisotopic (exact) mass is 556 g/mol. The molecule has 41 heavy (non-hydrogen) atoms. The van der Waals surface area contributed by atoms with E-state index in [2.05, 4.69) is 29.3 Å². The molecule has 212 valence electrons. The molecule has 2 aromatic carbocycles. The summed E-state index contributed by atoms with van der Waals surface area (Å²) in [7, 11) is 1.80. The summed E-state index contributed by atoms with van der Waals surface area (Å²) < 4.78 is 19.2. The highest BCUT2D eigenvalue weighted by atomic mass is 19.1. The molecule has 10 heteroatoms. The van der Waals surface area contributed by atoms with Crippen LogP contribution in [0.25, 0.3) is 16.8 Å². The van der Waals surface area contributed by atoms with E-state index >= 15 is 4.39 Å². The summed E-state index contributed by atoms with van der Waals surface area (Å²) in [6.45, 7) is 5.47. The van der Waals surface area contributed by atoms with Crippen molar-refractivity contribution in [1.29, 1.82) is 0 Å². The maximum absolute atomic E-state index is 16.0. The largest absolute Gasteiger partial charge is 0.478 e. The summed E-state index contributed by atoms with van der Waals surface area (Å²) in [5.74, 6) is -1.24. The first-order chi connectivity index (χ1) is 19.7. The van der Waals surface area contributed by atoms with Gasteiger partial charge in [0.1, 0.15) is 11.4 Å². The molecular formula is C31H33FN6O3. The Morgan fingerprint density at radius 1 is 1.00 bits per heavy atom. The van der Waals surface area contributed by atoms with Crippen LogP contribution in [0.2, 0.25) is 0 Å².